The Morgan fingerprint density at radius 2 is 1.72 bits per heavy atom. The summed E-state index contributed by atoms with van der Waals surface area (Å²) in [5.74, 6) is 0.0900. The number of amides is 1. The molecular formula is C28H27FN2O4S. The van der Waals surface area contributed by atoms with E-state index in [-0.39, 0.29) is 34.2 Å². The van der Waals surface area contributed by atoms with Gasteiger partial charge in [-0.05, 0) is 85.3 Å². The molecule has 1 amide bonds. The number of nitrogens with one attached hydrogen (secondary N) is 1. The van der Waals surface area contributed by atoms with Crippen molar-refractivity contribution in [1.29, 1.82) is 0 Å². The average Bonchev–Trinajstić information content (AvgIpc) is 3.50. The number of nitrogens with zero attached hydrogens (tertiary/aromatic N) is 1. The van der Waals surface area contributed by atoms with Crippen LogP contribution >= 0.6 is 0 Å². The third-order valence-corrected chi connectivity index (χ3v) is 8.58. The van der Waals surface area contributed by atoms with Crippen molar-refractivity contribution in [3.8, 4) is 0 Å². The second kappa shape index (κ2) is 8.85. The summed E-state index contributed by atoms with van der Waals surface area (Å²) in [6.07, 6.45) is 1.91. The van der Waals surface area contributed by atoms with Gasteiger partial charge in [-0.3, -0.25) is 4.79 Å². The molecule has 0 unspecified atom stereocenters. The van der Waals surface area contributed by atoms with E-state index in [1.165, 1.54) is 12.1 Å². The van der Waals surface area contributed by atoms with Crippen molar-refractivity contribution in [2.45, 2.75) is 50.3 Å². The number of oxazole rings is 1. The van der Waals surface area contributed by atoms with E-state index in [1.54, 1.807) is 37.3 Å². The number of fused-ring (bicyclic) bond motifs is 1. The topological polar surface area (TPSA) is 89.3 Å². The zero-order chi connectivity index (χ0) is 25.7. The highest BCUT2D eigenvalue weighted by Gasteiger charge is 2.52. The van der Waals surface area contributed by atoms with Crippen LogP contribution in [0.25, 0.3) is 11.1 Å². The molecule has 6 nitrogen and oxygen atoms in total. The summed E-state index contributed by atoms with van der Waals surface area (Å²) in [6, 6.07) is 14.7. The lowest BCUT2D eigenvalue weighted by Gasteiger charge is -2.19. The molecule has 0 aliphatic heterocycles. The van der Waals surface area contributed by atoms with Crippen molar-refractivity contribution >= 4 is 32.5 Å². The minimum Gasteiger partial charge on any atom is -0.440 e. The van der Waals surface area contributed by atoms with Gasteiger partial charge in [-0.2, -0.15) is 0 Å². The summed E-state index contributed by atoms with van der Waals surface area (Å²) in [6.45, 7) is 5.62. The Morgan fingerprint density at radius 3 is 2.33 bits per heavy atom. The molecule has 5 rings (SSSR count). The Morgan fingerprint density at radius 1 is 1.06 bits per heavy atom. The fraction of sp³-hybridized carbons (Fsp3) is 0.286. The highest BCUT2D eigenvalue weighted by Crippen LogP contribution is 2.55. The number of sulfone groups is 1. The highest BCUT2D eigenvalue weighted by atomic mass is 32.2. The summed E-state index contributed by atoms with van der Waals surface area (Å²) < 4.78 is 43.6. The van der Waals surface area contributed by atoms with Gasteiger partial charge in [0.05, 0.1) is 22.5 Å². The molecule has 1 aliphatic rings. The van der Waals surface area contributed by atoms with E-state index in [2.05, 4.69) is 10.3 Å². The van der Waals surface area contributed by atoms with Gasteiger partial charge in [-0.1, -0.05) is 19.1 Å². The number of aromatic nitrogens is 1. The summed E-state index contributed by atoms with van der Waals surface area (Å²) >= 11 is 0. The lowest BCUT2D eigenvalue weighted by atomic mass is 9.87. The van der Waals surface area contributed by atoms with Crippen LogP contribution in [0.5, 0.6) is 0 Å². The standard InChI is InChI=1S/C28H27FN2O4S/c1-4-36(33,34)22-8-5-19(6-9-22)15-25(32)30-21-13-17(2)26(18(3)14-21)28(11-12-28)27-31-23-10-7-20(29)16-24(23)35-27/h5-10,13-14,16H,4,11-12,15H2,1-3H3,(H,30,32). The van der Waals surface area contributed by atoms with E-state index in [0.717, 1.165) is 35.1 Å². The molecule has 1 fully saturated rings. The molecule has 0 radical (unpaired) electrons. The molecule has 4 aromatic rings. The normalized spacial score (nSPS) is 14.7. The van der Waals surface area contributed by atoms with E-state index in [9.17, 15) is 17.6 Å². The summed E-state index contributed by atoms with van der Waals surface area (Å²) in [5.41, 5.74) is 5.33. The predicted octanol–water partition coefficient (Wildman–Crippen LogP) is 5.64. The monoisotopic (exact) mass is 506 g/mol. The maximum absolute atomic E-state index is 13.6. The first-order chi connectivity index (χ1) is 17.1. The van der Waals surface area contributed by atoms with Crippen LogP contribution in [0.3, 0.4) is 0 Å². The van der Waals surface area contributed by atoms with Crippen LogP contribution in [0, 0.1) is 19.7 Å². The SMILES string of the molecule is CCS(=O)(=O)c1ccc(CC(=O)Nc2cc(C)c(C3(c4nc5ccc(F)cc5o4)CC3)c(C)c2)cc1. The first kappa shape index (κ1) is 24.2. The molecule has 8 heteroatoms. The Balaban J connectivity index is 1.34. The van der Waals surface area contributed by atoms with Gasteiger partial charge >= 0.3 is 0 Å². The van der Waals surface area contributed by atoms with Gasteiger partial charge in [0, 0.05) is 11.8 Å². The second-order valence-electron chi connectivity index (χ2n) is 9.47. The van der Waals surface area contributed by atoms with Crippen LogP contribution in [0.1, 0.15) is 47.9 Å². The van der Waals surface area contributed by atoms with Crippen molar-refractivity contribution in [2.24, 2.45) is 0 Å². The fourth-order valence-electron chi connectivity index (χ4n) is 4.96. The quantitative estimate of drug-likeness (QED) is 0.350. The lowest BCUT2D eigenvalue weighted by molar-refractivity contribution is -0.115. The van der Waals surface area contributed by atoms with Gasteiger partial charge in [0.2, 0.25) is 11.8 Å². The van der Waals surface area contributed by atoms with E-state index < -0.39 is 9.84 Å². The molecular weight excluding hydrogens is 479 g/mol. The molecule has 1 aliphatic carbocycles. The Bertz CT molecular complexity index is 1560. The number of aryl methyl sites for hydroxylation is 2. The van der Waals surface area contributed by atoms with Gasteiger partial charge in [0.1, 0.15) is 11.3 Å². The van der Waals surface area contributed by atoms with E-state index >= 15 is 0 Å². The van der Waals surface area contributed by atoms with Crippen LogP contribution < -0.4 is 5.32 Å². The van der Waals surface area contributed by atoms with Crippen LogP contribution in [0.15, 0.2) is 63.9 Å². The molecule has 1 aromatic heterocycles. The van der Waals surface area contributed by atoms with Gasteiger partial charge in [0.15, 0.2) is 15.4 Å². The van der Waals surface area contributed by atoms with E-state index in [4.69, 9.17) is 4.42 Å². The molecule has 186 valence electrons. The second-order valence-corrected chi connectivity index (χ2v) is 11.7. The van der Waals surface area contributed by atoms with Gasteiger partial charge < -0.3 is 9.73 Å². The first-order valence-corrected chi connectivity index (χ1v) is 13.6. The molecule has 0 bridgehead atoms. The maximum Gasteiger partial charge on any atom is 0.228 e. The van der Waals surface area contributed by atoms with Crippen molar-refractivity contribution in [2.75, 3.05) is 11.1 Å². The minimum atomic E-state index is -3.27. The minimum absolute atomic E-state index is 0.0355. The average molecular weight is 507 g/mol. The molecule has 1 heterocycles. The number of carbonyl (C=O) groups is 1. The lowest BCUT2D eigenvalue weighted by Crippen LogP contribution is -2.17. The number of carbonyl (C=O) groups excluding carboxylic acids is 1. The Hall–Kier alpha value is -3.52. The highest BCUT2D eigenvalue weighted by molar-refractivity contribution is 7.91. The largest absolute Gasteiger partial charge is 0.440 e. The maximum atomic E-state index is 13.6. The van der Waals surface area contributed by atoms with Gasteiger partial charge in [-0.25, -0.2) is 17.8 Å². The third kappa shape index (κ3) is 4.41. The third-order valence-electron chi connectivity index (χ3n) is 6.83. The molecule has 3 aromatic carbocycles. The summed E-state index contributed by atoms with van der Waals surface area (Å²) in [5, 5.41) is 2.96. The molecule has 1 saturated carbocycles. The van der Waals surface area contributed by atoms with Crippen LogP contribution in [0.4, 0.5) is 10.1 Å². The molecule has 0 spiro atoms. The molecule has 36 heavy (non-hydrogen) atoms. The predicted molar refractivity (Wildman–Crippen MR) is 136 cm³/mol. The molecule has 0 saturated heterocycles. The number of rotatable bonds is 7. The Labute approximate surface area is 209 Å². The molecule has 1 N–H and O–H groups in total. The summed E-state index contributed by atoms with van der Waals surface area (Å²) in [7, 11) is -3.27. The number of hydrogen-bond donors (Lipinski definition) is 1. The van der Waals surface area contributed by atoms with E-state index in [0.29, 0.717) is 22.7 Å². The molecule has 0 atom stereocenters. The fourth-order valence-corrected chi connectivity index (χ4v) is 5.85. The number of halogens is 1. The van der Waals surface area contributed by atoms with Crippen LogP contribution in [-0.2, 0) is 26.5 Å². The number of anilines is 1. The van der Waals surface area contributed by atoms with Gasteiger partial charge in [0.25, 0.3) is 0 Å². The number of hydrogen-bond acceptors (Lipinski definition) is 5. The number of benzene rings is 3. The Kier molecular flexibility index (Phi) is 5.95. The van der Waals surface area contributed by atoms with Crippen molar-refractivity contribution in [3.05, 3.63) is 88.6 Å². The zero-order valence-corrected chi connectivity index (χ0v) is 21.2. The zero-order valence-electron chi connectivity index (χ0n) is 20.4. The smallest absolute Gasteiger partial charge is 0.228 e. The van der Waals surface area contributed by atoms with Crippen molar-refractivity contribution < 1.29 is 22.0 Å². The van der Waals surface area contributed by atoms with Crippen molar-refractivity contribution in [3.63, 3.8) is 0 Å². The van der Waals surface area contributed by atoms with Crippen LogP contribution in [-0.4, -0.2) is 25.1 Å². The van der Waals surface area contributed by atoms with Crippen molar-refractivity contribution in [1.82, 2.24) is 4.98 Å². The first-order valence-electron chi connectivity index (χ1n) is 11.9. The van der Waals surface area contributed by atoms with Gasteiger partial charge in [-0.15, -0.1) is 0 Å². The summed E-state index contributed by atoms with van der Waals surface area (Å²) in [4.78, 5) is 17.6. The van der Waals surface area contributed by atoms with Crippen LogP contribution in [0.2, 0.25) is 0 Å². The van der Waals surface area contributed by atoms with E-state index in [1.807, 2.05) is 26.0 Å².